The molecule has 0 aliphatic heterocycles. The number of phenolic OH excluding ortho intramolecular Hbond substituents is 1. The number of rotatable bonds is 12. The van der Waals surface area contributed by atoms with Gasteiger partial charge in [0.25, 0.3) is 0 Å². The highest BCUT2D eigenvalue weighted by molar-refractivity contribution is 7.16. The van der Waals surface area contributed by atoms with Crippen molar-refractivity contribution in [2.24, 2.45) is 0 Å². The van der Waals surface area contributed by atoms with Gasteiger partial charge in [-0.2, -0.15) is 0 Å². The minimum absolute atomic E-state index is 0. The van der Waals surface area contributed by atoms with Crippen molar-refractivity contribution >= 4 is 44.2 Å². The third kappa shape index (κ3) is 8.38. The van der Waals surface area contributed by atoms with Gasteiger partial charge in [-0.3, -0.25) is 28.9 Å². The smallest absolute Gasteiger partial charge is 0.409 e. The third-order valence-electron chi connectivity index (χ3n) is 8.17. The van der Waals surface area contributed by atoms with Gasteiger partial charge in [0.15, 0.2) is 0 Å². The summed E-state index contributed by atoms with van der Waals surface area (Å²) in [6.45, 7) is 1.31. The number of carboxylic acid groups (broad SMARTS) is 1. The summed E-state index contributed by atoms with van der Waals surface area (Å²) in [4.78, 5) is 38.6. The lowest BCUT2D eigenvalue weighted by molar-refractivity contribution is 0.176. The van der Waals surface area contributed by atoms with Gasteiger partial charge >= 0.3 is 11.0 Å². The topological polar surface area (TPSA) is 157 Å². The lowest BCUT2D eigenvalue weighted by Gasteiger charge is -2.15. The number of nitrogens with zero attached hydrogens (tertiary/aromatic N) is 1. The van der Waals surface area contributed by atoms with Crippen molar-refractivity contribution in [3.8, 4) is 16.9 Å². The van der Waals surface area contributed by atoms with Crippen LogP contribution in [0.4, 0.5) is 19.9 Å². The molecule has 13 heteroatoms. The molecule has 0 fully saturated rings. The molecule has 0 aliphatic rings. The van der Waals surface area contributed by atoms with Gasteiger partial charge in [0.05, 0.1) is 27.5 Å². The number of thiazole rings is 1. The summed E-state index contributed by atoms with van der Waals surface area (Å²) in [7, 11) is 0. The molecule has 0 spiro atoms. The molecule has 0 aliphatic carbocycles. The van der Waals surface area contributed by atoms with E-state index in [1.54, 1.807) is 16.7 Å². The second-order valence-corrected chi connectivity index (χ2v) is 12.4. The van der Waals surface area contributed by atoms with E-state index in [0.717, 1.165) is 51.7 Å². The minimum atomic E-state index is -1.11. The van der Waals surface area contributed by atoms with E-state index >= 15 is 0 Å². The van der Waals surface area contributed by atoms with Gasteiger partial charge in [0, 0.05) is 36.7 Å². The van der Waals surface area contributed by atoms with Gasteiger partial charge in [-0.25, -0.2) is 4.79 Å². The number of amides is 1. The van der Waals surface area contributed by atoms with E-state index in [-0.39, 0.29) is 32.1 Å². The maximum Gasteiger partial charge on any atom is 0.409 e. The number of aromatic hydroxyl groups is 1. The Labute approximate surface area is 283 Å². The number of aromatic nitrogens is 2. The molecule has 2 aromatic heterocycles. The minimum Gasteiger partial charge on any atom is -0.506 e. The molecule has 6 rings (SSSR count). The summed E-state index contributed by atoms with van der Waals surface area (Å²) < 4.78 is 2.70. The van der Waals surface area contributed by atoms with E-state index in [9.17, 15) is 29.7 Å². The number of pyridine rings is 1. The number of aliphatic hydroxyl groups is 1. The number of benzene rings is 4. The first kappa shape index (κ1) is 36.5. The predicted octanol–water partition coefficient (Wildman–Crippen LogP) is 6.52. The number of fused-ring (bicyclic) bond motifs is 2. The fourth-order valence-corrected chi connectivity index (χ4v) is 6.86. The van der Waals surface area contributed by atoms with E-state index < -0.39 is 12.2 Å². The molecular formula is C36H36F2N4O6S. The third-order valence-corrected chi connectivity index (χ3v) is 9.11. The Morgan fingerprint density at radius 1 is 0.898 bits per heavy atom. The molecule has 6 aromatic rings. The van der Waals surface area contributed by atoms with Crippen molar-refractivity contribution in [2.75, 3.05) is 11.9 Å². The van der Waals surface area contributed by atoms with E-state index in [1.165, 1.54) is 23.5 Å². The van der Waals surface area contributed by atoms with Gasteiger partial charge < -0.3 is 25.6 Å². The highest BCUT2D eigenvalue weighted by atomic mass is 32.1. The van der Waals surface area contributed by atoms with Crippen LogP contribution >= 0.6 is 11.3 Å². The van der Waals surface area contributed by atoms with Crippen LogP contribution < -0.4 is 21.1 Å². The number of carbonyl (C=O) groups is 1. The zero-order valence-corrected chi connectivity index (χ0v) is 27.0. The molecule has 0 saturated heterocycles. The second kappa shape index (κ2) is 16.2. The highest BCUT2D eigenvalue weighted by Crippen LogP contribution is 2.30. The van der Waals surface area contributed by atoms with E-state index in [4.69, 9.17) is 0 Å². The lowest BCUT2D eigenvalue weighted by atomic mass is 9.99. The number of unbranched alkanes of at least 4 members (excludes halogenated alkanes) is 1. The standard InChI is InChI=1S/C36H34N4O6S.2FH/c41-30-15-12-26(27-13-16-33(43)39-34(27)30)31(42)21-37-20-23-10-14-29-32(19-23)47-36(46)40(29)17-5-4-6-22-9-11-25(24-7-2-1-3-8-24)28(18-22)38-35(44)45;;/h1-3,7-16,18-19,31,37-38,41-42H,4-6,17,20-21H2,(H,39,43)(H,44,45);2*1H. The average molecular weight is 691 g/mol. The number of anilines is 1. The van der Waals surface area contributed by atoms with Gasteiger partial charge in [-0.15, -0.1) is 0 Å². The van der Waals surface area contributed by atoms with Crippen molar-refractivity contribution in [1.29, 1.82) is 0 Å². The maximum absolute atomic E-state index is 12.9. The number of hydrogen-bond acceptors (Lipinski definition) is 7. The Balaban J connectivity index is 0.00000270. The van der Waals surface area contributed by atoms with Crippen molar-refractivity contribution in [3.05, 3.63) is 128 Å². The van der Waals surface area contributed by atoms with Gasteiger partial charge in [-0.05, 0) is 71.8 Å². The van der Waals surface area contributed by atoms with Crippen molar-refractivity contribution < 1.29 is 29.5 Å². The molecule has 0 radical (unpaired) electrons. The molecule has 0 bridgehead atoms. The van der Waals surface area contributed by atoms with E-state index in [1.807, 2.05) is 66.7 Å². The van der Waals surface area contributed by atoms with Crippen LogP contribution in [0.2, 0.25) is 0 Å². The number of aromatic amines is 1. The summed E-state index contributed by atoms with van der Waals surface area (Å²) in [5.41, 5.74) is 5.73. The van der Waals surface area contributed by atoms with Crippen LogP contribution in [0.15, 0.2) is 101 Å². The number of H-pyrrole nitrogens is 1. The first-order chi connectivity index (χ1) is 22.8. The summed E-state index contributed by atoms with van der Waals surface area (Å²) >= 11 is 1.21. The van der Waals surface area contributed by atoms with Gasteiger partial charge in [0.2, 0.25) is 5.56 Å². The van der Waals surface area contributed by atoms with Crippen LogP contribution in [0.1, 0.15) is 35.6 Å². The van der Waals surface area contributed by atoms with Crippen LogP contribution in [0.3, 0.4) is 0 Å². The predicted molar refractivity (Wildman–Crippen MR) is 190 cm³/mol. The maximum atomic E-state index is 12.9. The van der Waals surface area contributed by atoms with E-state index in [0.29, 0.717) is 35.2 Å². The molecule has 1 amide bonds. The highest BCUT2D eigenvalue weighted by Gasteiger charge is 2.15. The summed E-state index contributed by atoms with van der Waals surface area (Å²) in [5, 5.41) is 36.7. The van der Waals surface area contributed by atoms with Crippen LogP contribution in [0.5, 0.6) is 5.75 Å². The van der Waals surface area contributed by atoms with Crippen LogP contribution in [-0.2, 0) is 19.5 Å². The van der Waals surface area contributed by atoms with E-state index in [2.05, 4.69) is 15.6 Å². The molecule has 1 atom stereocenters. The van der Waals surface area contributed by atoms with Gasteiger partial charge in [0.1, 0.15) is 5.75 Å². The Morgan fingerprint density at radius 3 is 2.45 bits per heavy atom. The zero-order chi connectivity index (χ0) is 32.9. The van der Waals surface area contributed by atoms with Gasteiger partial charge in [-0.1, -0.05) is 65.9 Å². The summed E-state index contributed by atoms with van der Waals surface area (Å²) in [5.74, 6) is -0.0567. The lowest BCUT2D eigenvalue weighted by Crippen LogP contribution is -2.21. The van der Waals surface area contributed by atoms with Crippen molar-refractivity contribution in [3.63, 3.8) is 0 Å². The number of halogens is 2. The Bertz CT molecular complexity index is 2180. The number of aryl methyl sites for hydroxylation is 2. The molecule has 256 valence electrons. The Kier molecular flexibility index (Phi) is 12.0. The molecule has 2 heterocycles. The van der Waals surface area contributed by atoms with Crippen LogP contribution in [0, 0.1) is 0 Å². The summed E-state index contributed by atoms with van der Waals surface area (Å²) in [6.07, 6.45) is 0.389. The normalized spacial score (nSPS) is 11.5. The molecule has 6 N–H and O–H groups in total. The molecule has 4 aromatic carbocycles. The number of hydrogen-bond donors (Lipinski definition) is 6. The Hall–Kier alpha value is -5.37. The summed E-state index contributed by atoms with van der Waals surface area (Å²) in [6, 6.07) is 27.5. The molecule has 0 saturated carbocycles. The molecule has 10 nitrogen and oxygen atoms in total. The van der Waals surface area contributed by atoms with Crippen LogP contribution in [0.25, 0.3) is 32.2 Å². The SMILES string of the molecule is F.F.O=C(O)Nc1cc(CCCCn2c(=O)sc3cc(CNCC(O)c4ccc(O)c5[nH]c(=O)ccc45)ccc32)ccc1-c1ccccc1. The average Bonchev–Trinajstić information content (AvgIpc) is 3.37. The largest absolute Gasteiger partial charge is 0.506 e. The van der Waals surface area contributed by atoms with Crippen molar-refractivity contribution in [1.82, 2.24) is 14.9 Å². The first-order valence-electron chi connectivity index (χ1n) is 15.3. The van der Waals surface area contributed by atoms with Crippen molar-refractivity contribution in [2.45, 2.75) is 38.5 Å². The molecular weight excluding hydrogens is 654 g/mol. The first-order valence-corrected chi connectivity index (χ1v) is 16.1. The zero-order valence-electron chi connectivity index (χ0n) is 26.2. The molecule has 1 unspecified atom stereocenters. The fraction of sp³-hybridized carbons (Fsp3) is 0.194. The second-order valence-electron chi connectivity index (χ2n) is 11.4. The molecule has 49 heavy (non-hydrogen) atoms. The fourth-order valence-electron chi connectivity index (χ4n) is 5.88. The number of aliphatic hydroxyl groups excluding tert-OH is 1. The Morgan fingerprint density at radius 2 is 1.67 bits per heavy atom. The van der Waals surface area contributed by atoms with Crippen LogP contribution in [-0.4, -0.2) is 37.5 Å². The quantitative estimate of drug-likeness (QED) is 0.0799. The number of phenols is 1. The monoisotopic (exact) mass is 690 g/mol. The number of nitrogens with one attached hydrogen (secondary N) is 3.